The van der Waals surface area contributed by atoms with Gasteiger partial charge in [-0.25, -0.2) is 17.8 Å². The maximum Gasteiger partial charge on any atom is 0.191 e. The average molecular weight is 401 g/mol. The number of nitrogens with one attached hydrogen (secondary N) is 2. The maximum absolute atomic E-state index is 12.9. The molecule has 1 aromatic rings. The largest absolute Gasteiger partial charge is 0.489 e. The van der Waals surface area contributed by atoms with Crippen LogP contribution in [0.3, 0.4) is 0 Å². The predicted octanol–water partition coefficient (Wildman–Crippen LogP) is 0.879. The van der Waals surface area contributed by atoms with E-state index in [0.717, 1.165) is 13.1 Å². The molecule has 1 atom stereocenters. The average Bonchev–Trinajstić information content (AvgIpc) is 2.63. The van der Waals surface area contributed by atoms with Gasteiger partial charge in [-0.05, 0) is 38.1 Å². The minimum absolute atomic E-state index is 0.154. The molecular weight excluding hydrogens is 371 g/mol. The number of ether oxygens (including phenoxy) is 1. The lowest BCUT2D eigenvalue weighted by molar-refractivity contribution is 0.230. The number of halogens is 1. The predicted molar refractivity (Wildman–Crippen MR) is 106 cm³/mol. The Morgan fingerprint density at radius 2 is 1.93 bits per heavy atom. The number of nitrogens with zero attached hydrogens (tertiary/aromatic N) is 2. The summed E-state index contributed by atoms with van der Waals surface area (Å²) in [6, 6.07) is 5.92. The van der Waals surface area contributed by atoms with Crippen molar-refractivity contribution in [2.75, 3.05) is 50.8 Å². The van der Waals surface area contributed by atoms with E-state index in [1.165, 1.54) is 12.1 Å². The van der Waals surface area contributed by atoms with Crippen molar-refractivity contribution in [2.45, 2.75) is 20.0 Å². The van der Waals surface area contributed by atoms with Crippen molar-refractivity contribution < 1.29 is 17.5 Å². The summed E-state index contributed by atoms with van der Waals surface area (Å²) in [5, 5.41) is 6.44. The monoisotopic (exact) mass is 400 g/mol. The SMILES string of the molecule is CCNC(=NCC(C)Oc1ccc(F)cc1)NCCN1CCS(=O)(=O)CC1. The number of sulfone groups is 1. The fourth-order valence-electron chi connectivity index (χ4n) is 2.65. The van der Waals surface area contributed by atoms with Gasteiger partial charge in [0.05, 0.1) is 18.1 Å². The van der Waals surface area contributed by atoms with Gasteiger partial charge in [0, 0.05) is 32.7 Å². The molecule has 27 heavy (non-hydrogen) atoms. The van der Waals surface area contributed by atoms with Crippen molar-refractivity contribution in [3.63, 3.8) is 0 Å². The second-order valence-corrected chi connectivity index (χ2v) is 8.83. The molecule has 0 aliphatic carbocycles. The third kappa shape index (κ3) is 8.13. The molecule has 1 aliphatic heterocycles. The molecule has 0 amide bonds. The topological polar surface area (TPSA) is 83.0 Å². The lowest BCUT2D eigenvalue weighted by Crippen LogP contribution is -2.46. The molecule has 0 radical (unpaired) electrons. The van der Waals surface area contributed by atoms with Gasteiger partial charge < -0.3 is 15.4 Å². The van der Waals surface area contributed by atoms with Crippen molar-refractivity contribution in [3.8, 4) is 5.75 Å². The van der Waals surface area contributed by atoms with Crippen molar-refractivity contribution in [1.29, 1.82) is 0 Å². The molecular formula is C18H29FN4O3S. The van der Waals surface area contributed by atoms with Crippen LogP contribution >= 0.6 is 0 Å². The summed E-state index contributed by atoms with van der Waals surface area (Å²) in [6.45, 7) is 7.70. The summed E-state index contributed by atoms with van der Waals surface area (Å²) in [4.78, 5) is 6.65. The Labute approximate surface area is 160 Å². The molecule has 1 aliphatic rings. The van der Waals surface area contributed by atoms with Crippen LogP contribution < -0.4 is 15.4 Å². The van der Waals surface area contributed by atoms with Gasteiger partial charge in [0.1, 0.15) is 17.7 Å². The molecule has 152 valence electrons. The summed E-state index contributed by atoms with van der Waals surface area (Å²) < 4.78 is 41.6. The van der Waals surface area contributed by atoms with Crippen molar-refractivity contribution >= 4 is 15.8 Å². The number of guanidine groups is 1. The first kappa shape index (κ1) is 21.4. The summed E-state index contributed by atoms with van der Waals surface area (Å²) >= 11 is 0. The fraction of sp³-hybridized carbons (Fsp3) is 0.611. The van der Waals surface area contributed by atoms with Crippen LogP contribution in [0.25, 0.3) is 0 Å². The zero-order chi connectivity index (χ0) is 19.7. The summed E-state index contributed by atoms with van der Waals surface area (Å²) in [7, 11) is -2.84. The Morgan fingerprint density at radius 3 is 2.56 bits per heavy atom. The molecule has 1 unspecified atom stereocenters. The third-order valence-electron chi connectivity index (χ3n) is 4.16. The van der Waals surface area contributed by atoms with Gasteiger partial charge in [0.25, 0.3) is 0 Å². The van der Waals surface area contributed by atoms with Gasteiger partial charge >= 0.3 is 0 Å². The zero-order valence-electron chi connectivity index (χ0n) is 15.9. The molecule has 2 rings (SSSR count). The molecule has 0 bridgehead atoms. The number of benzene rings is 1. The highest BCUT2D eigenvalue weighted by molar-refractivity contribution is 7.91. The molecule has 0 saturated carbocycles. The molecule has 9 heteroatoms. The highest BCUT2D eigenvalue weighted by Gasteiger charge is 2.20. The Balaban J connectivity index is 1.75. The van der Waals surface area contributed by atoms with Gasteiger partial charge in [0.15, 0.2) is 15.8 Å². The van der Waals surface area contributed by atoms with E-state index in [4.69, 9.17) is 4.74 Å². The first-order valence-corrected chi connectivity index (χ1v) is 11.1. The van der Waals surface area contributed by atoms with Crippen molar-refractivity contribution in [1.82, 2.24) is 15.5 Å². The Morgan fingerprint density at radius 1 is 1.26 bits per heavy atom. The first-order chi connectivity index (χ1) is 12.9. The lowest BCUT2D eigenvalue weighted by Gasteiger charge is -2.26. The first-order valence-electron chi connectivity index (χ1n) is 9.25. The number of rotatable bonds is 8. The third-order valence-corrected chi connectivity index (χ3v) is 5.77. The summed E-state index contributed by atoms with van der Waals surface area (Å²) in [6.07, 6.45) is -0.154. The normalized spacial score (nSPS) is 18.7. The smallest absolute Gasteiger partial charge is 0.191 e. The van der Waals surface area contributed by atoms with Crippen LogP contribution in [0.4, 0.5) is 4.39 Å². The summed E-state index contributed by atoms with van der Waals surface area (Å²) in [5.41, 5.74) is 0. The van der Waals surface area contributed by atoms with Crippen LogP contribution in [-0.2, 0) is 9.84 Å². The van der Waals surface area contributed by atoms with Gasteiger partial charge in [-0.1, -0.05) is 0 Å². The molecule has 1 heterocycles. The van der Waals surface area contributed by atoms with E-state index in [-0.39, 0.29) is 23.4 Å². The quantitative estimate of drug-likeness (QED) is 0.498. The Bertz CT molecular complexity index is 696. The highest BCUT2D eigenvalue weighted by atomic mass is 32.2. The van der Waals surface area contributed by atoms with Crippen LogP contribution in [0, 0.1) is 5.82 Å². The molecule has 0 spiro atoms. The van der Waals surface area contributed by atoms with E-state index in [1.54, 1.807) is 12.1 Å². The van der Waals surface area contributed by atoms with E-state index in [0.29, 0.717) is 37.9 Å². The second-order valence-electron chi connectivity index (χ2n) is 6.52. The van der Waals surface area contributed by atoms with E-state index in [2.05, 4.69) is 20.5 Å². The fourth-order valence-corrected chi connectivity index (χ4v) is 3.93. The molecule has 1 saturated heterocycles. The Kier molecular flexibility index (Phi) is 8.30. The standard InChI is InChI=1S/C18H29FN4O3S/c1-3-20-18(21-8-9-23-10-12-27(24,25)13-11-23)22-14-15(2)26-17-6-4-16(19)5-7-17/h4-7,15H,3,8-14H2,1-2H3,(H2,20,21,22). The number of aliphatic imine (C=N–C) groups is 1. The number of hydrogen-bond acceptors (Lipinski definition) is 5. The van der Waals surface area contributed by atoms with Crippen molar-refractivity contribution in [2.24, 2.45) is 4.99 Å². The van der Waals surface area contributed by atoms with E-state index in [1.807, 2.05) is 13.8 Å². The number of hydrogen-bond donors (Lipinski definition) is 2. The van der Waals surface area contributed by atoms with Crippen LogP contribution in [0.15, 0.2) is 29.3 Å². The molecule has 7 nitrogen and oxygen atoms in total. The van der Waals surface area contributed by atoms with Gasteiger partial charge in [-0.2, -0.15) is 0 Å². The van der Waals surface area contributed by atoms with Gasteiger partial charge in [-0.3, -0.25) is 4.90 Å². The Hall–Kier alpha value is -1.87. The zero-order valence-corrected chi connectivity index (χ0v) is 16.8. The van der Waals surface area contributed by atoms with E-state index in [9.17, 15) is 12.8 Å². The van der Waals surface area contributed by atoms with Crippen molar-refractivity contribution in [3.05, 3.63) is 30.1 Å². The summed E-state index contributed by atoms with van der Waals surface area (Å²) in [5.74, 6) is 1.48. The molecule has 2 N–H and O–H groups in total. The van der Waals surface area contributed by atoms with Gasteiger partial charge in [-0.15, -0.1) is 0 Å². The van der Waals surface area contributed by atoms with Crippen LogP contribution in [0.1, 0.15) is 13.8 Å². The molecule has 1 fully saturated rings. The van der Waals surface area contributed by atoms with E-state index < -0.39 is 9.84 Å². The van der Waals surface area contributed by atoms with Crippen LogP contribution in [-0.4, -0.2) is 76.2 Å². The van der Waals surface area contributed by atoms with Gasteiger partial charge in [0.2, 0.25) is 0 Å². The lowest BCUT2D eigenvalue weighted by atomic mass is 10.3. The second kappa shape index (κ2) is 10.5. The highest BCUT2D eigenvalue weighted by Crippen LogP contribution is 2.13. The van der Waals surface area contributed by atoms with Crippen LogP contribution in [0.5, 0.6) is 5.75 Å². The minimum Gasteiger partial charge on any atom is -0.489 e. The maximum atomic E-state index is 12.9. The minimum atomic E-state index is -2.84. The van der Waals surface area contributed by atoms with E-state index >= 15 is 0 Å². The van der Waals surface area contributed by atoms with Crippen LogP contribution in [0.2, 0.25) is 0 Å². The molecule has 1 aromatic carbocycles. The molecule has 0 aromatic heterocycles.